The Morgan fingerprint density at radius 1 is 1.12 bits per heavy atom. The molecule has 0 aliphatic carbocycles. The summed E-state index contributed by atoms with van der Waals surface area (Å²) in [7, 11) is 0. The monoisotopic (exact) mass is 435 g/mol. The van der Waals surface area contributed by atoms with Crippen LogP contribution in [0.1, 0.15) is 24.4 Å². The number of hydrogen-bond donors (Lipinski definition) is 1. The van der Waals surface area contributed by atoms with E-state index in [0.29, 0.717) is 41.4 Å². The zero-order valence-electron chi connectivity index (χ0n) is 16.9. The van der Waals surface area contributed by atoms with Crippen LogP contribution in [0.25, 0.3) is 5.65 Å². The predicted octanol–water partition coefficient (Wildman–Crippen LogP) is 4.96. The normalized spacial score (nSPS) is 15.8. The first kappa shape index (κ1) is 19.9. The maximum absolute atomic E-state index is 14.4. The van der Waals surface area contributed by atoms with Crippen LogP contribution in [0.5, 0.6) is 5.75 Å². The number of nitrogens with zero attached hydrogens (tertiary/aromatic N) is 4. The molecule has 1 saturated heterocycles. The van der Waals surface area contributed by atoms with Gasteiger partial charge in [-0.1, -0.05) is 18.2 Å². The molecule has 3 heterocycles. The third-order valence-electron chi connectivity index (χ3n) is 5.41. The molecule has 0 saturated carbocycles. The summed E-state index contributed by atoms with van der Waals surface area (Å²) in [6.07, 6.45) is 4.02. The first-order chi connectivity index (χ1) is 15.6. The number of anilines is 2. The van der Waals surface area contributed by atoms with Gasteiger partial charge in [0.05, 0.1) is 12.2 Å². The molecule has 0 radical (unpaired) electrons. The Bertz CT molecular complexity index is 1280. The molecule has 5 rings (SSSR count). The Hall–Kier alpha value is -4.01. The molecule has 2 aromatic carbocycles. The molecule has 1 N–H and O–H groups in total. The summed E-state index contributed by atoms with van der Waals surface area (Å²) in [6, 6.07) is 13.6. The molecule has 1 fully saturated rings. The fourth-order valence-electron chi connectivity index (χ4n) is 3.97. The Morgan fingerprint density at radius 2 is 1.97 bits per heavy atom. The standard InChI is InChI=1S/C23H19F2N5O2/c24-15-8-9-18(25)17(13-15)20-7-4-11-29(20)21-10-12-30-22(28-21)19(14-26-30)27-23(31)32-16-5-2-1-3-6-16/h1-3,5-6,8-10,12-14,20H,4,7,11H2,(H,27,31). The summed E-state index contributed by atoms with van der Waals surface area (Å²) in [4.78, 5) is 18.9. The van der Waals surface area contributed by atoms with Gasteiger partial charge in [-0.15, -0.1) is 0 Å². The van der Waals surface area contributed by atoms with Gasteiger partial charge >= 0.3 is 6.09 Å². The van der Waals surface area contributed by atoms with E-state index in [9.17, 15) is 13.6 Å². The van der Waals surface area contributed by atoms with Crippen LogP contribution < -0.4 is 15.0 Å². The number of amides is 1. The van der Waals surface area contributed by atoms with Crippen molar-refractivity contribution < 1.29 is 18.3 Å². The number of para-hydroxylation sites is 1. The van der Waals surface area contributed by atoms with Crippen molar-refractivity contribution in [2.24, 2.45) is 0 Å². The van der Waals surface area contributed by atoms with Gasteiger partial charge in [0.2, 0.25) is 0 Å². The van der Waals surface area contributed by atoms with Crippen molar-refractivity contribution in [3.05, 3.63) is 84.2 Å². The van der Waals surface area contributed by atoms with E-state index >= 15 is 0 Å². The van der Waals surface area contributed by atoms with Gasteiger partial charge in [-0.2, -0.15) is 5.10 Å². The van der Waals surface area contributed by atoms with Gasteiger partial charge in [-0.25, -0.2) is 23.1 Å². The molecule has 162 valence electrons. The van der Waals surface area contributed by atoms with Crippen molar-refractivity contribution in [2.45, 2.75) is 18.9 Å². The summed E-state index contributed by atoms with van der Waals surface area (Å²) in [5.74, 6) is 0.0754. The number of aromatic nitrogens is 3. The van der Waals surface area contributed by atoms with E-state index in [1.165, 1.54) is 16.8 Å². The van der Waals surface area contributed by atoms with Crippen molar-refractivity contribution in [3.8, 4) is 5.75 Å². The molecule has 1 unspecified atom stereocenters. The number of fused-ring (bicyclic) bond motifs is 1. The first-order valence-electron chi connectivity index (χ1n) is 10.2. The topological polar surface area (TPSA) is 71.8 Å². The van der Waals surface area contributed by atoms with Gasteiger partial charge in [0.15, 0.2) is 5.65 Å². The van der Waals surface area contributed by atoms with Crippen molar-refractivity contribution in [3.63, 3.8) is 0 Å². The molecule has 1 aliphatic heterocycles. The van der Waals surface area contributed by atoms with E-state index in [1.54, 1.807) is 36.5 Å². The Morgan fingerprint density at radius 3 is 2.81 bits per heavy atom. The summed E-state index contributed by atoms with van der Waals surface area (Å²) in [5.41, 5.74) is 1.10. The lowest BCUT2D eigenvalue weighted by atomic mass is 10.0. The maximum atomic E-state index is 14.4. The number of hydrogen-bond acceptors (Lipinski definition) is 5. The van der Waals surface area contributed by atoms with Crippen LogP contribution in [-0.2, 0) is 0 Å². The molecule has 7 nitrogen and oxygen atoms in total. The van der Waals surface area contributed by atoms with E-state index < -0.39 is 17.7 Å². The predicted molar refractivity (Wildman–Crippen MR) is 115 cm³/mol. The number of halogens is 2. The van der Waals surface area contributed by atoms with Gasteiger partial charge in [0.1, 0.15) is 28.9 Å². The molecular weight excluding hydrogens is 416 g/mol. The number of carbonyl (C=O) groups is 1. The van der Waals surface area contributed by atoms with Crippen LogP contribution in [0.4, 0.5) is 25.1 Å². The van der Waals surface area contributed by atoms with Gasteiger partial charge in [0, 0.05) is 18.3 Å². The summed E-state index contributed by atoms with van der Waals surface area (Å²) < 4.78 is 35.0. The van der Waals surface area contributed by atoms with E-state index in [2.05, 4.69) is 15.4 Å². The lowest BCUT2D eigenvalue weighted by Crippen LogP contribution is -2.24. The molecule has 4 aromatic rings. The Balaban J connectivity index is 1.42. The van der Waals surface area contributed by atoms with Crippen LogP contribution in [0.3, 0.4) is 0 Å². The number of rotatable bonds is 4. The Labute approximate surface area is 182 Å². The van der Waals surface area contributed by atoms with Crippen LogP contribution in [0.2, 0.25) is 0 Å². The average molecular weight is 435 g/mol. The third kappa shape index (κ3) is 3.84. The highest BCUT2D eigenvalue weighted by Gasteiger charge is 2.30. The zero-order chi connectivity index (χ0) is 22.1. The Kier molecular flexibility index (Phi) is 5.14. The van der Waals surface area contributed by atoms with Crippen molar-refractivity contribution in [1.29, 1.82) is 0 Å². The number of nitrogens with one attached hydrogen (secondary N) is 1. The highest BCUT2D eigenvalue weighted by atomic mass is 19.1. The van der Waals surface area contributed by atoms with Gasteiger partial charge in [0.25, 0.3) is 0 Å². The number of benzene rings is 2. The molecule has 1 amide bonds. The van der Waals surface area contributed by atoms with Crippen molar-refractivity contribution in [2.75, 3.05) is 16.8 Å². The van der Waals surface area contributed by atoms with E-state index in [0.717, 1.165) is 18.6 Å². The van der Waals surface area contributed by atoms with E-state index in [-0.39, 0.29) is 6.04 Å². The van der Waals surface area contributed by atoms with E-state index in [1.807, 2.05) is 11.0 Å². The van der Waals surface area contributed by atoms with Gasteiger partial charge in [-0.05, 0) is 49.2 Å². The maximum Gasteiger partial charge on any atom is 0.417 e. The second kappa shape index (κ2) is 8.26. The fraction of sp³-hybridized carbons (Fsp3) is 0.174. The first-order valence-corrected chi connectivity index (χ1v) is 10.2. The quantitative estimate of drug-likeness (QED) is 0.491. The molecule has 9 heteroatoms. The molecule has 2 aromatic heterocycles. The molecule has 0 bridgehead atoms. The summed E-state index contributed by atoms with van der Waals surface area (Å²) >= 11 is 0. The van der Waals surface area contributed by atoms with Crippen molar-refractivity contribution >= 4 is 23.2 Å². The summed E-state index contributed by atoms with van der Waals surface area (Å²) in [6.45, 7) is 0.650. The highest BCUT2D eigenvalue weighted by molar-refractivity contribution is 5.90. The molecular formula is C23H19F2N5O2. The lowest BCUT2D eigenvalue weighted by molar-refractivity contribution is 0.215. The molecule has 0 spiro atoms. The molecule has 1 atom stereocenters. The smallest absolute Gasteiger partial charge is 0.410 e. The average Bonchev–Trinajstić information content (AvgIpc) is 3.43. The number of ether oxygens (including phenoxy) is 1. The summed E-state index contributed by atoms with van der Waals surface area (Å²) in [5, 5.41) is 6.86. The zero-order valence-corrected chi connectivity index (χ0v) is 16.9. The third-order valence-corrected chi connectivity index (χ3v) is 5.41. The van der Waals surface area contributed by atoms with Crippen LogP contribution in [0.15, 0.2) is 67.0 Å². The minimum atomic E-state index is -0.667. The molecule has 32 heavy (non-hydrogen) atoms. The minimum absolute atomic E-state index is 0.308. The van der Waals surface area contributed by atoms with Crippen molar-refractivity contribution in [1.82, 2.24) is 14.6 Å². The van der Waals surface area contributed by atoms with E-state index in [4.69, 9.17) is 4.74 Å². The molecule has 1 aliphatic rings. The second-order valence-corrected chi connectivity index (χ2v) is 7.46. The minimum Gasteiger partial charge on any atom is -0.410 e. The van der Waals surface area contributed by atoms with Gasteiger partial charge < -0.3 is 9.64 Å². The fourth-order valence-corrected chi connectivity index (χ4v) is 3.97. The van der Waals surface area contributed by atoms with Crippen LogP contribution in [0, 0.1) is 11.6 Å². The van der Waals surface area contributed by atoms with Crippen LogP contribution >= 0.6 is 0 Å². The lowest BCUT2D eigenvalue weighted by Gasteiger charge is -2.26. The SMILES string of the molecule is O=C(Nc1cnn2ccc(N3CCCC3c3cc(F)ccc3F)nc12)Oc1ccccc1. The largest absolute Gasteiger partial charge is 0.417 e. The van der Waals surface area contributed by atoms with Crippen LogP contribution in [-0.4, -0.2) is 27.2 Å². The second-order valence-electron chi connectivity index (χ2n) is 7.46. The highest BCUT2D eigenvalue weighted by Crippen LogP contribution is 2.37. The van der Waals surface area contributed by atoms with Gasteiger partial charge in [-0.3, -0.25) is 5.32 Å². The number of carbonyl (C=O) groups excluding carboxylic acids is 1.